The monoisotopic (exact) mass is 352 g/mol. The van der Waals surface area contributed by atoms with Gasteiger partial charge in [-0.1, -0.05) is 36.4 Å². The Balaban J connectivity index is 1.56. The molecular weight excluding hydrogens is 324 g/mol. The average Bonchev–Trinajstić information content (AvgIpc) is 3.06. The van der Waals surface area contributed by atoms with Crippen molar-refractivity contribution in [1.29, 1.82) is 0 Å². The first kappa shape index (κ1) is 17.5. The number of rotatable bonds is 5. The Hall–Kier alpha value is -1.91. The van der Waals surface area contributed by atoms with Gasteiger partial charge in [0, 0.05) is 26.7 Å². The molecule has 2 aromatic carbocycles. The van der Waals surface area contributed by atoms with E-state index in [1.54, 1.807) is 7.11 Å². The molecule has 2 saturated heterocycles. The molecule has 0 N–H and O–H groups in total. The van der Waals surface area contributed by atoms with E-state index in [0.29, 0.717) is 19.1 Å². The third-order valence-corrected chi connectivity index (χ3v) is 6.08. The Morgan fingerprint density at radius 1 is 1.04 bits per heavy atom. The third kappa shape index (κ3) is 3.12. The highest BCUT2D eigenvalue weighted by atomic mass is 16.5. The second-order valence-corrected chi connectivity index (χ2v) is 7.63. The van der Waals surface area contributed by atoms with Crippen molar-refractivity contribution in [2.45, 2.75) is 37.8 Å². The Kier molecular flexibility index (Phi) is 4.96. The fourth-order valence-corrected chi connectivity index (χ4v) is 4.73. The van der Waals surface area contributed by atoms with Crippen LogP contribution < -0.4 is 0 Å². The van der Waals surface area contributed by atoms with Crippen LogP contribution >= 0.6 is 0 Å². The number of nitrogens with zero attached hydrogens (tertiary/aromatic N) is 2. The summed E-state index contributed by atoms with van der Waals surface area (Å²) in [4.78, 5) is 17.8. The topological polar surface area (TPSA) is 32.8 Å². The zero-order valence-corrected chi connectivity index (χ0v) is 15.6. The van der Waals surface area contributed by atoms with Crippen molar-refractivity contribution < 1.29 is 9.53 Å². The van der Waals surface area contributed by atoms with E-state index in [0.717, 1.165) is 45.3 Å². The number of carbonyl (C=O) groups is 1. The lowest BCUT2D eigenvalue weighted by atomic mass is 9.85. The fourth-order valence-electron chi connectivity index (χ4n) is 4.73. The molecule has 4 heteroatoms. The summed E-state index contributed by atoms with van der Waals surface area (Å²) in [6.07, 6.45) is 4.17. The van der Waals surface area contributed by atoms with Crippen LogP contribution in [0.2, 0.25) is 0 Å². The summed E-state index contributed by atoms with van der Waals surface area (Å²) in [5.74, 6) is 0.319. The molecule has 0 radical (unpaired) electrons. The van der Waals surface area contributed by atoms with E-state index < -0.39 is 0 Å². The van der Waals surface area contributed by atoms with Gasteiger partial charge in [0.05, 0.1) is 6.61 Å². The van der Waals surface area contributed by atoms with Gasteiger partial charge in [-0.2, -0.15) is 0 Å². The molecule has 0 aliphatic carbocycles. The molecule has 0 aromatic heterocycles. The highest BCUT2D eigenvalue weighted by Gasteiger charge is 2.50. The predicted octanol–water partition coefficient (Wildman–Crippen LogP) is 3.44. The number of benzene rings is 2. The Bertz CT molecular complexity index is 791. The number of hydrogen-bond donors (Lipinski definition) is 0. The predicted molar refractivity (Wildman–Crippen MR) is 104 cm³/mol. The number of carbonyl (C=O) groups excluding carboxylic acids is 1. The van der Waals surface area contributed by atoms with Crippen molar-refractivity contribution in [1.82, 2.24) is 9.80 Å². The van der Waals surface area contributed by atoms with Crippen LogP contribution in [0.3, 0.4) is 0 Å². The van der Waals surface area contributed by atoms with Gasteiger partial charge in [-0.3, -0.25) is 9.69 Å². The number of amides is 1. The van der Waals surface area contributed by atoms with Gasteiger partial charge in [0.25, 0.3) is 0 Å². The summed E-state index contributed by atoms with van der Waals surface area (Å²) in [6.45, 7) is 4.06. The van der Waals surface area contributed by atoms with Crippen LogP contribution in [0.1, 0.15) is 31.2 Å². The standard InChI is InChI=1S/C22H28N2O2/c1-26-15-14-23-12-4-10-22(21(23)25)11-5-13-24(22)17-18-8-9-19-6-2-3-7-20(19)16-18/h2-3,6-9,16H,4-5,10-15,17H2,1H3. The molecule has 4 rings (SSSR count). The molecule has 1 amide bonds. The number of likely N-dealkylation sites (tertiary alicyclic amines) is 2. The number of ether oxygens (including phenoxy) is 1. The molecule has 0 bridgehead atoms. The molecule has 1 unspecified atom stereocenters. The van der Waals surface area contributed by atoms with Crippen molar-refractivity contribution in [2.75, 3.05) is 33.4 Å². The fraction of sp³-hybridized carbons (Fsp3) is 0.500. The van der Waals surface area contributed by atoms with Crippen molar-refractivity contribution >= 4 is 16.7 Å². The maximum atomic E-state index is 13.3. The molecular formula is C22H28N2O2. The van der Waals surface area contributed by atoms with E-state index in [1.807, 2.05) is 4.90 Å². The third-order valence-electron chi connectivity index (χ3n) is 6.08. The maximum Gasteiger partial charge on any atom is 0.243 e. The van der Waals surface area contributed by atoms with Crippen LogP contribution in [0.5, 0.6) is 0 Å². The molecule has 1 spiro atoms. The minimum Gasteiger partial charge on any atom is -0.383 e. The second-order valence-electron chi connectivity index (χ2n) is 7.63. The van der Waals surface area contributed by atoms with E-state index in [2.05, 4.69) is 47.4 Å². The summed E-state index contributed by atoms with van der Waals surface area (Å²) in [7, 11) is 1.70. The molecule has 2 fully saturated rings. The lowest BCUT2D eigenvalue weighted by molar-refractivity contribution is -0.148. The summed E-state index contributed by atoms with van der Waals surface area (Å²) in [5.41, 5.74) is 1.00. The van der Waals surface area contributed by atoms with Crippen LogP contribution in [-0.2, 0) is 16.1 Å². The molecule has 2 aliphatic heterocycles. The van der Waals surface area contributed by atoms with E-state index in [4.69, 9.17) is 4.74 Å². The van der Waals surface area contributed by atoms with Crippen LogP contribution in [0.15, 0.2) is 42.5 Å². The number of fused-ring (bicyclic) bond motifs is 1. The second kappa shape index (κ2) is 7.37. The summed E-state index contributed by atoms with van der Waals surface area (Å²) in [6, 6.07) is 15.2. The van der Waals surface area contributed by atoms with E-state index in [-0.39, 0.29) is 5.54 Å². The van der Waals surface area contributed by atoms with Gasteiger partial charge in [-0.15, -0.1) is 0 Å². The lowest BCUT2D eigenvalue weighted by Gasteiger charge is -2.44. The van der Waals surface area contributed by atoms with E-state index >= 15 is 0 Å². The smallest absolute Gasteiger partial charge is 0.243 e. The molecule has 2 aliphatic rings. The number of hydrogen-bond acceptors (Lipinski definition) is 3. The number of piperidine rings is 1. The minimum absolute atomic E-state index is 0.294. The highest BCUT2D eigenvalue weighted by molar-refractivity contribution is 5.87. The quantitative estimate of drug-likeness (QED) is 0.826. The first-order chi connectivity index (χ1) is 12.7. The Morgan fingerprint density at radius 2 is 1.81 bits per heavy atom. The van der Waals surface area contributed by atoms with Gasteiger partial charge in [-0.05, 0) is 54.6 Å². The minimum atomic E-state index is -0.294. The SMILES string of the molecule is COCCN1CCCC2(CCCN2Cc2ccc3ccccc3c2)C1=O. The van der Waals surface area contributed by atoms with Gasteiger partial charge in [0.2, 0.25) is 5.91 Å². The zero-order chi connectivity index (χ0) is 18.0. The molecule has 138 valence electrons. The van der Waals surface area contributed by atoms with Crippen LogP contribution in [0, 0.1) is 0 Å². The largest absolute Gasteiger partial charge is 0.383 e. The van der Waals surface area contributed by atoms with E-state index in [9.17, 15) is 4.79 Å². The van der Waals surface area contributed by atoms with Gasteiger partial charge in [-0.25, -0.2) is 0 Å². The van der Waals surface area contributed by atoms with Crippen molar-refractivity contribution in [3.8, 4) is 0 Å². The van der Waals surface area contributed by atoms with E-state index in [1.165, 1.54) is 16.3 Å². The first-order valence-corrected chi connectivity index (χ1v) is 9.74. The summed E-state index contributed by atoms with van der Waals surface area (Å²) >= 11 is 0. The normalized spacial score (nSPS) is 24.0. The molecule has 26 heavy (non-hydrogen) atoms. The molecule has 1 atom stereocenters. The lowest BCUT2D eigenvalue weighted by Crippen LogP contribution is -2.60. The van der Waals surface area contributed by atoms with Gasteiger partial charge in [0.1, 0.15) is 5.54 Å². The van der Waals surface area contributed by atoms with Crippen molar-refractivity contribution in [3.05, 3.63) is 48.0 Å². The van der Waals surface area contributed by atoms with Crippen molar-refractivity contribution in [2.24, 2.45) is 0 Å². The first-order valence-electron chi connectivity index (χ1n) is 9.74. The molecule has 4 nitrogen and oxygen atoms in total. The highest BCUT2D eigenvalue weighted by Crippen LogP contribution is 2.39. The van der Waals surface area contributed by atoms with Gasteiger partial charge >= 0.3 is 0 Å². The van der Waals surface area contributed by atoms with Gasteiger partial charge in [0.15, 0.2) is 0 Å². The molecule has 2 heterocycles. The Labute approximate surface area is 155 Å². The van der Waals surface area contributed by atoms with Crippen LogP contribution in [0.4, 0.5) is 0 Å². The average molecular weight is 352 g/mol. The van der Waals surface area contributed by atoms with Crippen LogP contribution in [-0.4, -0.2) is 54.6 Å². The maximum absolute atomic E-state index is 13.3. The molecule has 2 aromatic rings. The number of methoxy groups -OCH3 is 1. The molecule has 0 saturated carbocycles. The van der Waals surface area contributed by atoms with Crippen LogP contribution in [0.25, 0.3) is 10.8 Å². The van der Waals surface area contributed by atoms with Gasteiger partial charge < -0.3 is 9.64 Å². The zero-order valence-electron chi connectivity index (χ0n) is 15.6. The summed E-state index contributed by atoms with van der Waals surface area (Å²) in [5, 5.41) is 2.54. The Morgan fingerprint density at radius 3 is 2.62 bits per heavy atom. The summed E-state index contributed by atoms with van der Waals surface area (Å²) < 4.78 is 5.20. The van der Waals surface area contributed by atoms with Crippen molar-refractivity contribution in [3.63, 3.8) is 0 Å².